The van der Waals surface area contributed by atoms with Crippen molar-refractivity contribution in [3.05, 3.63) is 34.9 Å². The summed E-state index contributed by atoms with van der Waals surface area (Å²) < 4.78 is 0. The van der Waals surface area contributed by atoms with E-state index in [1.807, 2.05) is 12.1 Å². The molecule has 1 aromatic rings. The van der Waals surface area contributed by atoms with Crippen LogP contribution in [0, 0.1) is 5.92 Å². The lowest BCUT2D eigenvalue weighted by molar-refractivity contribution is 0.499. The van der Waals surface area contributed by atoms with Gasteiger partial charge in [0.25, 0.3) is 0 Å². The van der Waals surface area contributed by atoms with E-state index in [9.17, 15) is 0 Å². The molecule has 72 valence electrons. The molecule has 2 N–H and O–H groups in total. The first-order chi connectivity index (χ1) is 6.15. The molecule has 0 amide bonds. The first-order valence-corrected chi connectivity index (χ1v) is 4.98. The van der Waals surface area contributed by atoms with E-state index in [2.05, 4.69) is 26.0 Å². The summed E-state index contributed by atoms with van der Waals surface area (Å²) in [6, 6.07) is 7.99. The molecule has 0 aliphatic carbocycles. The molecule has 0 spiro atoms. The molecule has 0 bridgehead atoms. The Morgan fingerprint density at radius 1 is 1.23 bits per heavy atom. The lowest BCUT2D eigenvalue weighted by atomic mass is 9.89. The summed E-state index contributed by atoms with van der Waals surface area (Å²) in [4.78, 5) is 0. The molecule has 13 heavy (non-hydrogen) atoms. The Labute approximate surface area is 84.9 Å². The molecular formula is C11H16ClN. The van der Waals surface area contributed by atoms with Crippen LogP contribution >= 0.6 is 11.6 Å². The predicted octanol–water partition coefficient (Wildman–Crippen LogP) is 3.04. The highest BCUT2D eigenvalue weighted by Gasteiger charge is 2.11. The van der Waals surface area contributed by atoms with Crippen molar-refractivity contribution in [3.63, 3.8) is 0 Å². The second kappa shape index (κ2) is 4.64. The van der Waals surface area contributed by atoms with Crippen LogP contribution in [0.25, 0.3) is 0 Å². The molecule has 1 nitrogen and oxygen atoms in total. The van der Waals surface area contributed by atoms with Gasteiger partial charge in [0.05, 0.1) is 0 Å². The van der Waals surface area contributed by atoms with Crippen molar-refractivity contribution in [1.29, 1.82) is 0 Å². The lowest BCUT2D eigenvalue weighted by Crippen LogP contribution is -2.16. The van der Waals surface area contributed by atoms with Crippen molar-refractivity contribution < 1.29 is 0 Å². The van der Waals surface area contributed by atoms with E-state index in [-0.39, 0.29) is 0 Å². The van der Waals surface area contributed by atoms with Gasteiger partial charge in [-0.05, 0) is 36.1 Å². The van der Waals surface area contributed by atoms with Crippen LogP contribution in [-0.2, 0) is 0 Å². The molecule has 0 heterocycles. The first-order valence-electron chi connectivity index (χ1n) is 4.60. The zero-order valence-electron chi connectivity index (χ0n) is 8.13. The molecule has 0 aliphatic rings. The van der Waals surface area contributed by atoms with Gasteiger partial charge in [-0.25, -0.2) is 0 Å². The Kier molecular flexibility index (Phi) is 3.76. The molecule has 2 heteroatoms. The van der Waals surface area contributed by atoms with E-state index in [4.69, 9.17) is 17.3 Å². The van der Waals surface area contributed by atoms with Gasteiger partial charge in [0.15, 0.2) is 0 Å². The van der Waals surface area contributed by atoms with E-state index in [0.29, 0.717) is 11.8 Å². The van der Waals surface area contributed by atoms with E-state index in [0.717, 1.165) is 11.6 Å². The Morgan fingerprint density at radius 3 is 2.23 bits per heavy atom. The molecule has 0 saturated heterocycles. The molecular weight excluding hydrogens is 182 g/mol. The second-order valence-corrected chi connectivity index (χ2v) is 3.99. The summed E-state index contributed by atoms with van der Waals surface area (Å²) in [5.41, 5.74) is 6.92. The number of nitrogens with two attached hydrogens (primary N) is 1. The van der Waals surface area contributed by atoms with Gasteiger partial charge in [0.2, 0.25) is 0 Å². The molecule has 0 saturated carbocycles. The van der Waals surface area contributed by atoms with Crippen LogP contribution in [0.15, 0.2) is 24.3 Å². The number of rotatable bonds is 3. The number of halogens is 1. The van der Waals surface area contributed by atoms with Gasteiger partial charge < -0.3 is 5.73 Å². The minimum absolute atomic E-state index is 0.502. The van der Waals surface area contributed by atoms with E-state index >= 15 is 0 Å². The highest BCUT2D eigenvalue weighted by Crippen LogP contribution is 2.24. The highest BCUT2D eigenvalue weighted by atomic mass is 35.5. The summed E-state index contributed by atoms with van der Waals surface area (Å²) in [6.07, 6.45) is 0. The Balaban J connectivity index is 2.77. The molecule has 1 aromatic carbocycles. The van der Waals surface area contributed by atoms with Crippen LogP contribution in [-0.4, -0.2) is 6.54 Å². The average molecular weight is 198 g/mol. The minimum Gasteiger partial charge on any atom is -0.330 e. The molecule has 2 unspecified atom stereocenters. The van der Waals surface area contributed by atoms with Gasteiger partial charge >= 0.3 is 0 Å². The smallest absolute Gasteiger partial charge is 0.0406 e. The van der Waals surface area contributed by atoms with Gasteiger partial charge in [0, 0.05) is 5.02 Å². The summed E-state index contributed by atoms with van der Waals surface area (Å²) in [5, 5.41) is 0.788. The van der Waals surface area contributed by atoms with Gasteiger partial charge in [-0.15, -0.1) is 0 Å². The summed E-state index contributed by atoms with van der Waals surface area (Å²) >= 11 is 5.81. The fourth-order valence-electron chi connectivity index (χ4n) is 1.30. The largest absolute Gasteiger partial charge is 0.330 e. The molecule has 1 rings (SSSR count). The summed E-state index contributed by atoms with van der Waals surface area (Å²) in [6.45, 7) is 5.09. The van der Waals surface area contributed by atoms with Crippen LogP contribution in [0.5, 0.6) is 0 Å². The average Bonchev–Trinajstić information content (AvgIpc) is 2.17. The van der Waals surface area contributed by atoms with Gasteiger partial charge in [-0.3, -0.25) is 0 Å². The third-order valence-corrected chi connectivity index (χ3v) is 2.87. The zero-order chi connectivity index (χ0) is 9.84. The summed E-state index contributed by atoms with van der Waals surface area (Å²) in [7, 11) is 0. The third kappa shape index (κ3) is 2.71. The maximum atomic E-state index is 5.81. The highest BCUT2D eigenvalue weighted by molar-refractivity contribution is 6.30. The molecule has 2 atom stereocenters. The number of benzene rings is 1. The van der Waals surface area contributed by atoms with E-state index < -0.39 is 0 Å². The number of hydrogen-bond acceptors (Lipinski definition) is 1. The van der Waals surface area contributed by atoms with Crippen LogP contribution in [0.4, 0.5) is 0 Å². The maximum absolute atomic E-state index is 5.81. The molecule has 0 aliphatic heterocycles. The van der Waals surface area contributed by atoms with Crippen molar-refractivity contribution in [3.8, 4) is 0 Å². The monoisotopic (exact) mass is 197 g/mol. The SMILES string of the molecule is CC(CN)C(C)c1ccc(Cl)cc1. The third-order valence-electron chi connectivity index (χ3n) is 2.62. The second-order valence-electron chi connectivity index (χ2n) is 3.55. The molecule has 0 aromatic heterocycles. The topological polar surface area (TPSA) is 26.0 Å². The van der Waals surface area contributed by atoms with Crippen LogP contribution < -0.4 is 5.73 Å². The maximum Gasteiger partial charge on any atom is 0.0406 e. The van der Waals surface area contributed by atoms with E-state index in [1.165, 1.54) is 5.56 Å². The zero-order valence-corrected chi connectivity index (χ0v) is 8.88. The minimum atomic E-state index is 0.502. The molecule has 0 fully saturated rings. The van der Waals surface area contributed by atoms with Crippen LogP contribution in [0.2, 0.25) is 5.02 Å². The standard InChI is InChI=1S/C11H16ClN/c1-8(7-13)9(2)10-3-5-11(12)6-4-10/h3-6,8-9H,7,13H2,1-2H3. The predicted molar refractivity (Wildman–Crippen MR) is 58.1 cm³/mol. The van der Waals surface area contributed by atoms with Crippen molar-refractivity contribution in [2.24, 2.45) is 11.7 Å². The van der Waals surface area contributed by atoms with Crippen molar-refractivity contribution in [2.45, 2.75) is 19.8 Å². The van der Waals surface area contributed by atoms with Gasteiger partial charge in [-0.2, -0.15) is 0 Å². The van der Waals surface area contributed by atoms with Gasteiger partial charge in [0.1, 0.15) is 0 Å². The first kappa shape index (κ1) is 10.6. The Hall–Kier alpha value is -0.530. The Morgan fingerprint density at radius 2 is 1.77 bits per heavy atom. The molecule has 0 radical (unpaired) electrons. The van der Waals surface area contributed by atoms with Crippen LogP contribution in [0.1, 0.15) is 25.3 Å². The van der Waals surface area contributed by atoms with E-state index in [1.54, 1.807) is 0 Å². The summed E-state index contributed by atoms with van der Waals surface area (Å²) in [5.74, 6) is 1.02. The lowest BCUT2D eigenvalue weighted by Gasteiger charge is -2.18. The van der Waals surface area contributed by atoms with Gasteiger partial charge in [-0.1, -0.05) is 37.6 Å². The van der Waals surface area contributed by atoms with Crippen molar-refractivity contribution in [1.82, 2.24) is 0 Å². The van der Waals surface area contributed by atoms with Crippen LogP contribution in [0.3, 0.4) is 0 Å². The Bertz CT molecular complexity index is 255. The quantitative estimate of drug-likeness (QED) is 0.792. The van der Waals surface area contributed by atoms with Crippen molar-refractivity contribution in [2.75, 3.05) is 6.54 Å². The fraction of sp³-hybridized carbons (Fsp3) is 0.455. The normalized spacial score (nSPS) is 15.4. The number of hydrogen-bond donors (Lipinski definition) is 1. The fourth-order valence-corrected chi connectivity index (χ4v) is 1.42. The van der Waals surface area contributed by atoms with Crippen molar-refractivity contribution >= 4 is 11.6 Å².